The Hall–Kier alpha value is -1.51. The van der Waals surface area contributed by atoms with Crippen LogP contribution in [0.1, 0.15) is 11.6 Å². The first-order chi connectivity index (χ1) is 8.25. The van der Waals surface area contributed by atoms with Gasteiger partial charge in [-0.1, -0.05) is 48.0 Å². The summed E-state index contributed by atoms with van der Waals surface area (Å²) in [6, 6.07) is 17.1. The van der Waals surface area contributed by atoms with E-state index in [0.29, 0.717) is 11.6 Å². The van der Waals surface area contributed by atoms with Crippen LogP contribution in [-0.2, 0) is 0 Å². The van der Waals surface area contributed by atoms with Gasteiger partial charge in [0.05, 0.1) is 6.04 Å². The van der Waals surface area contributed by atoms with E-state index in [0.717, 1.165) is 11.3 Å². The van der Waals surface area contributed by atoms with Crippen LogP contribution in [0.3, 0.4) is 0 Å². The predicted molar refractivity (Wildman–Crippen MR) is 70.3 cm³/mol. The highest BCUT2D eigenvalue weighted by Gasteiger charge is 2.06. The lowest BCUT2D eigenvalue weighted by molar-refractivity contribution is 0.290. The molecule has 2 rings (SSSR count). The van der Waals surface area contributed by atoms with Crippen molar-refractivity contribution >= 4 is 11.6 Å². The average Bonchev–Trinajstić information content (AvgIpc) is 2.37. The van der Waals surface area contributed by atoms with Gasteiger partial charge < -0.3 is 10.5 Å². The summed E-state index contributed by atoms with van der Waals surface area (Å²) in [6.07, 6.45) is 0. The maximum atomic E-state index is 6.02. The van der Waals surface area contributed by atoms with Crippen LogP contribution in [0.5, 0.6) is 5.75 Å². The third kappa shape index (κ3) is 3.48. The zero-order chi connectivity index (χ0) is 12.1. The molecular weight excluding hydrogens is 234 g/mol. The van der Waals surface area contributed by atoms with Crippen molar-refractivity contribution in [2.24, 2.45) is 5.73 Å². The third-order valence-corrected chi connectivity index (χ3v) is 2.69. The topological polar surface area (TPSA) is 35.2 Å². The maximum absolute atomic E-state index is 6.02. The van der Waals surface area contributed by atoms with Gasteiger partial charge in [0.2, 0.25) is 0 Å². The van der Waals surface area contributed by atoms with Crippen LogP contribution in [0, 0.1) is 0 Å². The predicted octanol–water partition coefficient (Wildman–Crippen LogP) is 3.42. The normalized spacial score (nSPS) is 12.1. The van der Waals surface area contributed by atoms with Crippen LogP contribution in [0.2, 0.25) is 5.02 Å². The first-order valence-electron chi connectivity index (χ1n) is 5.44. The van der Waals surface area contributed by atoms with Gasteiger partial charge in [-0.2, -0.15) is 0 Å². The summed E-state index contributed by atoms with van der Waals surface area (Å²) in [4.78, 5) is 0. The zero-order valence-corrected chi connectivity index (χ0v) is 10.1. The first-order valence-corrected chi connectivity index (χ1v) is 5.82. The third-order valence-electron chi connectivity index (χ3n) is 2.45. The smallest absolute Gasteiger partial charge is 0.120 e. The van der Waals surface area contributed by atoms with Gasteiger partial charge >= 0.3 is 0 Å². The van der Waals surface area contributed by atoms with Crippen LogP contribution in [0.4, 0.5) is 0 Å². The minimum Gasteiger partial charge on any atom is -0.492 e. The van der Waals surface area contributed by atoms with Gasteiger partial charge in [-0.05, 0) is 23.8 Å². The fourth-order valence-corrected chi connectivity index (χ4v) is 1.72. The van der Waals surface area contributed by atoms with E-state index < -0.39 is 0 Å². The highest BCUT2D eigenvalue weighted by Crippen LogP contribution is 2.18. The molecule has 1 atom stereocenters. The Morgan fingerprint density at radius 1 is 1.06 bits per heavy atom. The summed E-state index contributed by atoms with van der Waals surface area (Å²) in [7, 11) is 0. The molecule has 0 saturated carbocycles. The maximum Gasteiger partial charge on any atom is 0.120 e. The molecule has 2 aromatic rings. The van der Waals surface area contributed by atoms with Crippen LogP contribution in [0.15, 0.2) is 54.6 Å². The lowest BCUT2D eigenvalue weighted by Gasteiger charge is -2.13. The van der Waals surface area contributed by atoms with Crippen molar-refractivity contribution in [2.75, 3.05) is 6.61 Å². The molecule has 88 valence electrons. The van der Waals surface area contributed by atoms with E-state index in [-0.39, 0.29) is 6.04 Å². The Kier molecular flexibility index (Phi) is 4.02. The van der Waals surface area contributed by atoms with E-state index >= 15 is 0 Å². The highest BCUT2D eigenvalue weighted by molar-refractivity contribution is 6.30. The summed E-state index contributed by atoms with van der Waals surface area (Å²) in [5.74, 6) is 0.740. The molecule has 0 radical (unpaired) electrons. The second kappa shape index (κ2) is 5.71. The summed E-state index contributed by atoms with van der Waals surface area (Å²) in [5, 5.41) is 0.663. The fourth-order valence-electron chi connectivity index (χ4n) is 1.54. The van der Waals surface area contributed by atoms with E-state index in [2.05, 4.69) is 0 Å². The average molecular weight is 248 g/mol. The molecule has 0 amide bonds. The molecule has 0 aliphatic carbocycles. The Balaban J connectivity index is 1.95. The number of halogens is 1. The molecule has 0 aliphatic heterocycles. The van der Waals surface area contributed by atoms with E-state index in [9.17, 15) is 0 Å². The monoisotopic (exact) mass is 247 g/mol. The standard InChI is InChI=1S/C14H14ClNO/c15-12-7-4-8-13(9-12)17-10-14(16)11-5-2-1-3-6-11/h1-9,14H,10,16H2. The van der Waals surface area contributed by atoms with Gasteiger partial charge in [-0.3, -0.25) is 0 Å². The Morgan fingerprint density at radius 3 is 2.53 bits per heavy atom. The number of hydrogen-bond acceptors (Lipinski definition) is 2. The van der Waals surface area contributed by atoms with Gasteiger partial charge in [-0.25, -0.2) is 0 Å². The summed E-state index contributed by atoms with van der Waals surface area (Å²) < 4.78 is 5.59. The molecule has 0 heterocycles. The molecule has 2 nitrogen and oxygen atoms in total. The van der Waals surface area contributed by atoms with Crippen LogP contribution < -0.4 is 10.5 Å². The summed E-state index contributed by atoms with van der Waals surface area (Å²) in [5.41, 5.74) is 7.09. The van der Waals surface area contributed by atoms with Gasteiger partial charge in [0, 0.05) is 5.02 Å². The van der Waals surface area contributed by atoms with Crippen LogP contribution in [0.25, 0.3) is 0 Å². The van der Waals surface area contributed by atoms with E-state index in [4.69, 9.17) is 22.1 Å². The molecular formula is C14H14ClNO. The zero-order valence-electron chi connectivity index (χ0n) is 9.34. The Labute approximate surface area is 106 Å². The van der Waals surface area contributed by atoms with Crippen molar-refractivity contribution in [1.82, 2.24) is 0 Å². The van der Waals surface area contributed by atoms with Crippen molar-refractivity contribution in [3.05, 3.63) is 65.2 Å². The molecule has 0 saturated heterocycles. The lowest BCUT2D eigenvalue weighted by atomic mass is 10.1. The van der Waals surface area contributed by atoms with E-state index in [1.165, 1.54) is 0 Å². The second-order valence-corrected chi connectivity index (χ2v) is 4.22. The SMILES string of the molecule is NC(COc1cccc(Cl)c1)c1ccccc1. The van der Waals surface area contributed by atoms with Crippen molar-refractivity contribution in [3.8, 4) is 5.75 Å². The van der Waals surface area contributed by atoms with Gasteiger partial charge in [0.1, 0.15) is 12.4 Å². The van der Waals surface area contributed by atoms with Crippen molar-refractivity contribution in [1.29, 1.82) is 0 Å². The molecule has 0 aromatic heterocycles. The molecule has 17 heavy (non-hydrogen) atoms. The number of rotatable bonds is 4. The number of nitrogens with two attached hydrogens (primary N) is 1. The van der Waals surface area contributed by atoms with Gasteiger partial charge in [-0.15, -0.1) is 0 Å². The largest absolute Gasteiger partial charge is 0.492 e. The molecule has 2 aromatic carbocycles. The van der Waals surface area contributed by atoms with Gasteiger partial charge in [0.25, 0.3) is 0 Å². The highest BCUT2D eigenvalue weighted by atomic mass is 35.5. The number of ether oxygens (including phenoxy) is 1. The number of hydrogen-bond donors (Lipinski definition) is 1. The summed E-state index contributed by atoms with van der Waals surface area (Å²) in [6.45, 7) is 0.435. The second-order valence-electron chi connectivity index (χ2n) is 3.79. The molecule has 0 fully saturated rings. The molecule has 2 N–H and O–H groups in total. The molecule has 0 bridgehead atoms. The first kappa shape index (κ1) is 12.0. The summed E-state index contributed by atoms with van der Waals surface area (Å²) >= 11 is 5.87. The Morgan fingerprint density at radius 2 is 1.82 bits per heavy atom. The van der Waals surface area contributed by atoms with Crippen LogP contribution in [-0.4, -0.2) is 6.61 Å². The molecule has 1 unspecified atom stereocenters. The molecule has 3 heteroatoms. The lowest BCUT2D eigenvalue weighted by Crippen LogP contribution is -2.18. The quantitative estimate of drug-likeness (QED) is 0.899. The van der Waals surface area contributed by atoms with Crippen molar-refractivity contribution in [2.45, 2.75) is 6.04 Å². The Bertz CT molecular complexity index is 473. The van der Waals surface area contributed by atoms with Gasteiger partial charge in [0.15, 0.2) is 0 Å². The molecule has 0 aliphatic rings. The number of benzene rings is 2. The van der Waals surface area contributed by atoms with E-state index in [1.54, 1.807) is 6.07 Å². The fraction of sp³-hybridized carbons (Fsp3) is 0.143. The minimum absolute atomic E-state index is 0.129. The van der Waals surface area contributed by atoms with Crippen molar-refractivity contribution < 1.29 is 4.74 Å². The molecule has 0 spiro atoms. The minimum atomic E-state index is -0.129. The van der Waals surface area contributed by atoms with Crippen molar-refractivity contribution in [3.63, 3.8) is 0 Å². The van der Waals surface area contributed by atoms with Crippen LogP contribution >= 0.6 is 11.6 Å². The van der Waals surface area contributed by atoms with E-state index in [1.807, 2.05) is 48.5 Å².